The van der Waals surface area contributed by atoms with Crippen LogP contribution < -0.4 is 4.57 Å². The van der Waals surface area contributed by atoms with Crippen LogP contribution in [0, 0.1) is 0 Å². The molecule has 0 N–H and O–H groups in total. The highest BCUT2D eigenvalue weighted by Crippen LogP contribution is 2.16. The summed E-state index contributed by atoms with van der Waals surface area (Å²) < 4.78 is 5.27. The van der Waals surface area contributed by atoms with Gasteiger partial charge in [-0.05, 0) is 32.1 Å². The summed E-state index contributed by atoms with van der Waals surface area (Å²) in [4.78, 5) is 0. The van der Waals surface area contributed by atoms with Gasteiger partial charge < -0.3 is 0 Å². The fraction of sp³-hybridized carbons (Fsp3) is 0.930. The van der Waals surface area contributed by atoms with Crippen molar-refractivity contribution in [2.45, 2.75) is 259 Å². The van der Waals surface area contributed by atoms with Crippen LogP contribution in [0.3, 0.4) is 0 Å². The van der Waals surface area contributed by atoms with E-state index >= 15 is 0 Å². The van der Waals surface area contributed by atoms with Gasteiger partial charge in [-0.3, -0.25) is 0 Å². The van der Waals surface area contributed by atoms with Crippen molar-refractivity contribution in [1.29, 1.82) is 0 Å². The van der Waals surface area contributed by atoms with E-state index in [2.05, 4.69) is 42.3 Å². The Hall–Kier alpha value is -0.790. The normalized spacial score (nSPS) is 11.6. The lowest BCUT2D eigenvalue weighted by Crippen LogP contribution is -2.37. The van der Waals surface area contributed by atoms with Gasteiger partial charge >= 0.3 is 0 Å². The molecule has 0 spiro atoms. The van der Waals surface area contributed by atoms with Gasteiger partial charge in [0.2, 0.25) is 0 Å². The maximum atomic E-state index is 2.64. The number of hydrogen-bond acceptors (Lipinski definition) is 0. The first-order chi connectivity index (χ1) is 22.3. The van der Waals surface area contributed by atoms with E-state index in [-0.39, 0.29) is 0 Å². The van der Waals surface area contributed by atoms with Crippen molar-refractivity contribution in [1.82, 2.24) is 4.57 Å². The second-order valence-corrected chi connectivity index (χ2v) is 14.8. The molecule has 0 saturated heterocycles. The number of rotatable bonds is 37. The van der Waals surface area contributed by atoms with Gasteiger partial charge in [0.15, 0.2) is 0 Å². The standard InChI is InChI=1S/C43H85N2/c1-4-7-10-13-16-18-20-22-23-25-27-29-31-34-37-40-45-42-41-44(43(45)38-35-32-15-12-9-6-3)39-36-33-30-28-26-24-21-19-17-14-11-8-5-2/h41-42H,4-40H2,1-3H3/q+1. The molecule has 0 aliphatic rings. The van der Waals surface area contributed by atoms with Crippen molar-refractivity contribution < 1.29 is 4.57 Å². The lowest BCUT2D eigenvalue weighted by molar-refractivity contribution is -0.704. The minimum Gasteiger partial charge on any atom is -0.234 e. The first-order valence-electron chi connectivity index (χ1n) is 21.4. The summed E-state index contributed by atoms with van der Waals surface area (Å²) in [6.45, 7) is 9.41. The van der Waals surface area contributed by atoms with E-state index in [1.807, 2.05) is 0 Å². The van der Waals surface area contributed by atoms with Gasteiger partial charge in [-0.2, -0.15) is 0 Å². The van der Waals surface area contributed by atoms with E-state index in [1.165, 1.54) is 238 Å². The molecule has 0 radical (unpaired) electrons. The highest BCUT2D eigenvalue weighted by Gasteiger charge is 2.16. The average Bonchev–Trinajstić information content (AvgIpc) is 3.43. The van der Waals surface area contributed by atoms with Crippen molar-refractivity contribution >= 4 is 0 Å². The number of unbranched alkanes of at least 4 members (excludes halogenated alkanes) is 31. The molecule has 45 heavy (non-hydrogen) atoms. The SMILES string of the molecule is CCCCCCCCCCCCCCCCCn1cc[n+](CCCCCCCCCCCCCCC)c1CCCCCCCC. The molecule has 1 heterocycles. The van der Waals surface area contributed by atoms with Gasteiger partial charge in [0.25, 0.3) is 5.82 Å². The zero-order valence-corrected chi connectivity index (χ0v) is 31.7. The highest BCUT2D eigenvalue weighted by molar-refractivity contribution is 4.84. The van der Waals surface area contributed by atoms with Gasteiger partial charge in [-0.25, -0.2) is 9.13 Å². The fourth-order valence-corrected chi connectivity index (χ4v) is 7.21. The first kappa shape index (κ1) is 42.2. The molecule has 0 fully saturated rings. The smallest absolute Gasteiger partial charge is 0.234 e. The molecule has 2 heteroatoms. The number of nitrogens with zero attached hydrogens (tertiary/aromatic N) is 2. The van der Waals surface area contributed by atoms with Crippen LogP contribution in [0.15, 0.2) is 12.4 Å². The van der Waals surface area contributed by atoms with E-state index in [0.29, 0.717) is 0 Å². The van der Waals surface area contributed by atoms with Gasteiger partial charge in [-0.15, -0.1) is 0 Å². The van der Waals surface area contributed by atoms with Crippen molar-refractivity contribution in [2.24, 2.45) is 0 Å². The highest BCUT2D eigenvalue weighted by atomic mass is 15.1. The van der Waals surface area contributed by atoms with Crippen LogP contribution in [0.1, 0.15) is 245 Å². The van der Waals surface area contributed by atoms with Crippen molar-refractivity contribution in [3.63, 3.8) is 0 Å². The Kier molecular flexibility index (Phi) is 32.4. The summed E-state index contributed by atoms with van der Waals surface area (Å²) >= 11 is 0. The molecule has 2 nitrogen and oxygen atoms in total. The van der Waals surface area contributed by atoms with Crippen LogP contribution in [0.5, 0.6) is 0 Å². The van der Waals surface area contributed by atoms with Crippen LogP contribution >= 0.6 is 0 Å². The Morgan fingerprint density at radius 1 is 0.378 bits per heavy atom. The van der Waals surface area contributed by atoms with Crippen molar-refractivity contribution in [2.75, 3.05) is 0 Å². The van der Waals surface area contributed by atoms with Gasteiger partial charge in [0, 0.05) is 6.42 Å². The van der Waals surface area contributed by atoms with E-state index < -0.39 is 0 Å². The minimum absolute atomic E-state index is 1.23. The molecule has 0 unspecified atom stereocenters. The van der Waals surface area contributed by atoms with Gasteiger partial charge in [-0.1, -0.05) is 207 Å². The lowest BCUT2D eigenvalue weighted by atomic mass is 10.0. The fourth-order valence-electron chi connectivity index (χ4n) is 7.21. The zero-order valence-electron chi connectivity index (χ0n) is 31.7. The quantitative estimate of drug-likeness (QED) is 0.0511. The Labute approximate surface area is 285 Å². The number of imidazole rings is 1. The van der Waals surface area contributed by atoms with Crippen molar-refractivity contribution in [3.8, 4) is 0 Å². The first-order valence-corrected chi connectivity index (χ1v) is 21.4. The maximum Gasteiger partial charge on any atom is 0.256 e. The predicted molar refractivity (Wildman–Crippen MR) is 202 cm³/mol. The summed E-state index contributed by atoms with van der Waals surface area (Å²) in [5.74, 6) is 1.62. The molecule has 0 aliphatic heterocycles. The number of hydrogen-bond donors (Lipinski definition) is 0. The third-order valence-corrected chi connectivity index (χ3v) is 10.3. The summed E-state index contributed by atoms with van der Waals surface area (Å²) in [5.41, 5.74) is 0. The van der Waals surface area contributed by atoms with Crippen LogP contribution in [0.25, 0.3) is 0 Å². The zero-order chi connectivity index (χ0) is 32.3. The average molecular weight is 630 g/mol. The van der Waals surface area contributed by atoms with E-state index in [1.54, 1.807) is 5.82 Å². The summed E-state index contributed by atoms with van der Waals surface area (Å²) in [5, 5.41) is 0. The van der Waals surface area contributed by atoms with Crippen molar-refractivity contribution in [3.05, 3.63) is 18.2 Å². The Morgan fingerprint density at radius 2 is 0.689 bits per heavy atom. The van der Waals surface area contributed by atoms with Gasteiger partial charge in [0.05, 0.1) is 13.1 Å². The second-order valence-electron chi connectivity index (χ2n) is 14.8. The molecule has 1 rings (SSSR count). The maximum absolute atomic E-state index is 2.64. The summed E-state index contributed by atoms with van der Waals surface area (Å²) in [6.07, 6.45) is 54.9. The van der Waals surface area contributed by atoms with E-state index in [9.17, 15) is 0 Å². The Balaban J connectivity index is 2.20. The summed E-state index contributed by atoms with van der Waals surface area (Å²) in [7, 11) is 0. The Morgan fingerprint density at radius 3 is 1.07 bits per heavy atom. The minimum atomic E-state index is 1.23. The summed E-state index contributed by atoms with van der Waals surface area (Å²) in [6, 6.07) is 0. The number of aromatic nitrogens is 2. The molecular formula is C43H85N2+. The number of aryl methyl sites for hydroxylation is 2. The molecule has 0 aliphatic carbocycles. The molecule has 266 valence electrons. The van der Waals surface area contributed by atoms with Crippen LogP contribution in [-0.2, 0) is 19.5 Å². The van der Waals surface area contributed by atoms with Crippen LogP contribution in [0.2, 0.25) is 0 Å². The van der Waals surface area contributed by atoms with Crippen LogP contribution in [-0.4, -0.2) is 4.57 Å². The topological polar surface area (TPSA) is 8.81 Å². The van der Waals surface area contributed by atoms with E-state index in [4.69, 9.17) is 0 Å². The second kappa shape index (κ2) is 34.5. The molecule has 0 bridgehead atoms. The molecule has 0 amide bonds. The van der Waals surface area contributed by atoms with Gasteiger partial charge in [0.1, 0.15) is 12.4 Å². The van der Waals surface area contributed by atoms with Crippen LogP contribution in [0.4, 0.5) is 0 Å². The molecule has 0 aromatic carbocycles. The molecular weight excluding hydrogens is 544 g/mol. The molecule has 0 saturated carbocycles. The van der Waals surface area contributed by atoms with E-state index in [0.717, 1.165) is 0 Å². The Bertz CT molecular complexity index is 692. The third kappa shape index (κ3) is 26.9. The lowest BCUT2D eigenvalue weighted by Gasteiger charge is -2.07. The molecule has 0 atom stereocenters. The third-order valence-electron chi connectivity index (χ3n) is 10.3. The predicted octanol–water partition coefficient (Wildman–Crippen LogP) is 14.6. The molecule has 1 aromatic heterocycles. The largest absolute Gasteiger partial charge is 0.256 e. The molecule has 1 aromatic rings. The monoisotopic (exact) mass is 630 g/mol.